The van der Waals surface area contributed by atoms with Crippen LogP contribution >= 0.6 is 0 Å². The first kappa shape index (κ1) is 15.2. The normalized spacial score (nSPS) is 19.6. The molecule has 5 nitrogen and oxygen atoms in total. The van der Waals surface area contributed by atoms with Gasteiger partial charge in [0.1, 0.15) is 18.9 Å². The van der Waals surface area contributed by atoms with Crippen molar-refractivity contribution < 1.29 is 13.0 Å². The van der Waals surface area contributed by atoms with E-state index in [0.717, 1.165) is 18.4 Å². The van der Waals surface area contributed by atoms with Crippen LogP contribution in [0.5, 0.6) is 0 Å². The maximum atomic E-state index is 12.9. The summed E-state index contributed by atoms with van der Waals surface area (Å²) in [5, 5.41) is 0. The predicted molar refractivity (Wildman–Crippen MR) is 83.7 cm³/mol. The van der Waals surface area contributed by atoms with Crippen LogP contribution in [0.2, 0.25) is 0 Å². The Morgan fingerprint density at radius 3 is 2.64 bits per heavy atom. The molecule has 1 fully saturated rings. The summed E-state index contributed by atoms with van der Waals surface area (Å²) in [7, 11) is -1.44. The molecule has 1 aliphatic rings. The third-order valence-corrected chi connectivity index (χ3v) is 6.16. The Morgan fingerprint density at radius 1 is 1.27 bits per heavy atom. The van der Waals surface area contributed by atoms with Crippen molar-refractivity contribution >= 4 is 10.0 Å². The Labute approximate surface area is 131 Å². The predicted octanol–water partition coefficient (Wildman–Crippen LogP) is 1.47. The number of hydrogen-bond donors (Lipinski definition) is 0. The van der Waals surface area contributed by atoms with E-state index in [1.165, 1.54) is 0 Å². The lowest BCUT2D eigenvalue weighted by molar-refractivity contribution is -0.671. The molecule has 0 saturated carbocycles. The van der Waals surface area contributed by atoms with E-state index < -0.39 is 10.0 Å². The van der Waals surface area contributed by atoms with Crippen LogP contribution in [0.1, 0.15) is 18.4 Å². The molecular formula is C16H22N3O2S+. The molecule has 1 aromatic heterocycles. The third-order valence-electron chi connectivity index (χ3n) is 4.20. The second-order valence-corrected chi connectivity index (χ2v) is 7.89. The van der Waals surface area contributed by atoms with Crippen molar-refractivity contribution in [2.75, 3.05) is 6.54 Å². The van der Waals surface area contributed by atoms with Crippen molar-refractivity contribution in [1.29, 1.82) is 0 Å². The van der Waals surface area contributed by atoms with Gasteiger partial charge in [0.05, 0.1) is 18.0 Å². The maximum Gasteiger partial charge on any atom is 0.243 e. The van der Waals surface area contributed by atoms with Crippen LogP contribution in [-0.2, 0) is 23.6 Å². The van der Waals surface area contributed by atoms with Crippen molar-refractivity contribution in [3.63, 3.8) is 0 Å². The highest BCUT2D eigenvalue weighted by atomic mass is 32.2. The number of sulfonamides is 1. The van der Waals surface area contributed by atoms with Gasteiger partial charge in [0.2, 0.25) is 16.4 Å². The molecule has 3 rings (SSSR count). The number of hydrogen-bond acceptors (Lipinski definition) is 2. The molecule has 1 atom stereocenters. The molecule has 1 aliphatic heterocycles. The molecule has 0 radical (unpaired) electrons. The number of aromatic nitrogens is 2. The zero-order valence-corrected chi connectivity index (χ0v) is 13.8. The average Bonchev–Trinajstić information content (AvgIpc) is 3.09. The molecule has 0 N–H and O–H groups in total. The number of imidazole rings is 1. The van der Waals surface area contributed by atoms with Crippen LogP contribution in [-0.4, -0.2) is 29.9 Å². The van der Waals surface area contributed by atoms with E-state index in [9.17, 15) is 8.42 Å². The first-order chi connectivity index (χ1) is 10.5. The molecule has 2 heterocycles. The van der Waals surface area contributed by atoms with Crippen LogP contribution in [0.15, 0.2) is 47.9 Å². The second kappa shape index (κ2) is 5.85. The number of nitrogens with zero attached hydrogens (tertiary/aromatic N) is 3. The molecular weight excluding hydrogens is 298 g/mol. The minimum atomic E-state index is -3.40. The summed E-state index contributed by atoms with van der Waals surface area (Å²) in [5.74, 6) is 0. The van der Waals surface area contributed by atoms with Gasteiger partial charge in [0.25, 0.3) is 0 Å². The Bertz CT molecular complexity index is 750. The summed E-state index contributed by atoms with van der Waals surface area (Å²) in [5.41, 5.74) is 1.07. The van der Waals surface area contributed by atoms with Crippen molar-refractivity contribution in [3.05, 3.63) is 48.5 Å². The third kappa shape index (κ3) is 2.94. The lowest BCUT2D eigenvalue weighted by Crippen LogP contribution is -2.38. The standard InChI is InChI=1S/C16H22N3O2S/c1-14-5-7-16(8-6-14)22(20,21)19-9-3-4-15(19)12-18-11-10-17(2)13-18/h5-8,10-11,13,15H,3-4,9,12H2,1-2H3/q+1. The summed E-state index contributed by atoms with van der Waals surface area (Å²) in [6.07, 6.45) is 7.76. The van der Waals surface area contributed by atoms with Gasteiger partial charge >= 0.3 is 0 Å². The van der Waals surface area contributed by atoms with Crippen molar-refractivity contribution in [1.82, 2.24) is 8.87 Å². The fourth-order valence-corrected chi connectivity index (χ4v) is 4.69. The Morgan fingerprint density at radius 2 is 2.00 bits per heavy atom. The van der Waals surface area contributed by atoms with E-state index in [-0.39, 0.29) is 6.04 Å². The zero-order chi connectivity index (χ0) is 15.7. The topological polar surface area (TPSA) is 46.2 Å². The highest BCUT2D eigenvalue weighted by Gasteiger charge is 2.36. The van der Waals surface area contributed by atoms with E-state index in [2.05, 4.69) is 0 Å². The monoisotopic (exact) mass is 320 g/mol. The molecule has 0 aliphatic carbocycles. The Hall–Kier alpha value is -1.66. The van der Waals surface area contributed by atoms with E-state index in [4.69, 9.17) is 0 Å². The molecule has 0 spiro atoms. The molecule has 6 heteroatoms. The highest BCUT2D eigenvalue weighted by Crippen LogP contribution is 2.27. The summed E-state index contributed by atoms with van der Waals surface area (Å²) in [4.78, 5) is 0.392. The van der Waals surface area contributed by atoms with Crippen LogP contribution < -0.4 is 4.57 Å². The summed E-state index contributed by atoms with van der Waals surface area (Å²) in [6.45, 7) is 3.27. The van der Waals surface area contributed by atoms with Gasteiger partial charge in [-0.15, -0.1) is 0 Å². The molecule has 0 bridgehead atoms. The number of aryl methyl sites for hydroxylation is 2. The number of rotatable bonds is 4. The molecule has 1 saturated heterocycles. The largest absolute Gasteiger partial charge is 0.243 e. The molecule has 1 unspecified atom stereocenters. The van der Waals surface area contributed by atoms with Gasteiger partial charge in [-0.25, -0.2) is 17.6 Å². The molecule has 0 amide bonds. The number of benzene rings is 1. The van der Waals surface area contributed by atoms with E-state index in [1.807, 2.05) is 54.0 Å². The summed E-state index contributed by atoms with van der Waals surface area (Å²) in [6, 6.07) is 7.14. The van der Waals surface area contributed by atoms with Crippen LogP contribution in [0, 0.1) is 6.92 Å². The zero-order valence-electron chi connectivity index (χ0n) is 13.0. The van der Waals surface area contributed by atoms with Gasteiger partial charge in [-0.1, -0.05) is 17.7 Å². The SMILES string of the molecule is Cc1ccc(S(=O)(=O)N2CCCC2Cn2cc[n+](C)c2)cc1. The summed E-state index contributed by atoms with van der Waals surface area (Å²) >= 11 is 0. The summed E-state index contributed by atoms with van der Waals surface area (Å²) < 4.78 is 31.4. The average molecular weight is 320 g/mol. The molecule has 1 aromatic carbocycles. The minimum Gasteiger partial charge on any atom is -0.240 e. The van der Waals surface area contributed by atoms with Gasteiger partial charge in [-0.05, 0) is 31.9 Å². The van der Waals surface area contributed by atoms with E-state index >= 15 is 0 Å². The quantitative estimate of drug-likeness (QED) is 0.801. The van der Waals surface area contributed by atoms with Gasteiger partial charge in [-0.3, -0.25) is 0 Å². The lowest BCUT2D eigenvalue weighted by Gasteiger charge is -2.22. The molecule has 22 heavy (non-hydrogen) atoms. The van der Waals surface area contributed by atoms with E-state index in [0.29, 0.717) is 18.0 Å². The lowest BCUT2D eigenvalue weighted by atomic mass is 10.2. The fraction of sp³-hybridized carbons (Fsp3) is 0.438. The molecule has 118 valence electrons. The van der Waals surface area contributed by atoms with Gasteiger partial charge in [-0.2, -0.15) is 4.31 Å². The van der Waals surface area contributed by atoms with Crippen LogP contribution in [0.3, 0.4) is 0 Å². The van der Waals surface area contributed by atoms with Gasteiger partial charge in [0.15, 0.2) is 0 Å². The van der Waals surface area contributed by atoms with Gasteiger partial charge in [0, 0.05) is 6.54 Å². The first-order valence-corrected chi connectivity index (χ1v) is 9.00. The van der Waals surface area contributed by atoms with E-state index in [1.54, 1.807) is 16.4 Å². The van der Waals surface area contributed by atoms with Crippen LogP contribution in [0.25, 0.3) is 0 Å². The van der Waals surface area contributed by atoms with Crippen molar-refractivity contribution in [3.8, 4) is 0 Å². The van der Waals surface area contributed by atoms with Crippen molar-refractivity contribution in [2.45, 2.75) is 37.2 Å². The first-order valence-electron chi connectivity index (χ1n) is 7.56. The van der Waals surface area contributed by atoms with Crippen molar-refractivity contribution in [2.24, 2.45) is 7.05 Å². The second-order valence-electron chi connectivity index (χ2n) is 6.00. The Kier molecular flexibility index (Phi) is 4.06. The maximum absolute atomic E-state index is 12.9. The van der Waals surface area contributed by atoms with Gasteiger partial charge < -0.3 is 0 Å². The highest BCUT2D eigenvalue weighted by molar-refractivity contribution is 7.89. The van der Waals surface area contributed by atoms with Crippen LogP contribution in [0.4, 0.5) is 0 Å². The Balaban J connectivity index is 1.84. The minimum absolute atomic E-state index is 0.0266. The molecule has 2 aromatic rings. The fourth-order valence-electron chi connectivity index (χ4n) is 3.01. The smallest absolute Gasteiger partial charge is 0.240 e.